The quantitative estimate of drug-likeness (QED) is 0.325. The number of fused-ring (bicyclic) bond motifs is 3. The van der Waals surface area contributed by atoms with Gasteiger partial charge in [-0.3, -0.25) is 4.79 Å². The third-order valence-corrected chi connectivity index (χ3v) is 6.53. The molecule has 1 amide bonds. The highest BCUT2D eigenvalue weighted by molar-refractivity contribution is 8.00. The highest BCUT2D eigenvalue weighted by Crippen LogP contribution is 2.37. The normalized spacial score (nSPS) is 12.3. The van der Waals surface area contributed by atoms with Crippen LogP contribution < -0.4 is 10.1 Å². The number of carbonyl (C=O) groups excluding carboxylic acids is 1. The zero-order valence-corrected chi connectivity index (χ0v) is 18.3. The zero-order valence-electron chi connectivity index (χ0n) is 16.6. The number of amides is 1. The summed E-state index contributed by atoms with van der Waals surface area (Å²) in [4.78, 5) is 13.7. The number of anilines is 1. The molecular weight excluding hydrogens is 434 g/mol. The zero-order chi connectivity index (χ0) is 21.4. The van der Waals surface area contributed by atoms with E-state index in [9.17, 15) is 4.79 Å². The van der Waals surface area contributed by atoms with E-state index in [1.807, 2.05) is 47.8 Å². The minimum atomic E-state index is -0.465. The number of thioether (sulfide) groups is 1. The summed E-state index contributed by atoms with van der Waals surface area (Å²) in [6, 6.07) is 15.3. The number of hydrogen-bond acceptors (Lipinski definition) is 8. The standard InChI is InChI=1S/C22H17N3O4S2/c1-12(31-22-25-24-21(29-22)19-8-5-9-30-19)20(26)23-15-11-17-14(10-18(15)27-2)13-6-3-4-7-16(13)28-17/h3-12H,1-2H3,(H,23,26)/t12-/m1/s1. The molecule has 31 heavy (non-hydrogen) atoms. The van der Waals surface area contributed by atoms with E-state index >= 15 is 0 Å². The molecule has 0 aliphatic carbocycles. The maximum Gasteiger partial charge on any atom is 0.277 e. The van der Waals surface area contributed by atoms with Crippen LogP contribution in [-0.4, -0.2) is 28.5 Å². The molecule has 9 heteroatoms. The van der Waals surface area contributed by atoms with Gasteiger partial charge < -0.3 is 18.9 Å². The van der Waals surface area contributed by atoms with Crippen molar-refractivity contribution in [3.05, 3.63) is 53.9 Å². The Morgan fingerprint density at radius 1 is 1.10 bits per heavy atom. The van der Waals surface area contributed by atoms with Gasteiger partial charge in [0, 0.05) is 16.8 Å². The van der Waals surface area contributed by atoms with Gasteiger partial charge in [-0.05, 0) is 30.5 Å². The lowest BCUT2D eigenvalue weighted by Gasteiger charge is -2.13. The van der Waals surface area contributed by atoms with Gasteiger partial charge in [0.15, 0.2) is 0 Å². The number of methoxy groups -OCH3 is 1. The number of hydrogen-bond donors (Lipinski definition) is 1. The Labute approximate surface area is 185 Å². The van der Waals surface area contributed by atoms with Crippen molar-refractivity contribution in [2.75, 3.05) is 12.4 Å². The molecule has 0 spiro atoms. The molecule has 0 aliphatic rings. The van der Waals surface area contributed by atoms with Crippen LogP contribution in [0.4, 0.5) is 5.69 Å². The lowest BCUT2D eigenvalue weighted by Crippen LogP contribution is -2.22. The second-order valence-electron chi connectivity index (χ2n) is 6.75. The molecule has 7 nitrogen and oxygen atoms in total. The van der Waals surface area contributed by atoms with Crippen molar-refractivity contribution in [3.63, 3.8) is 0 Å². The molecule has 5 rings (SSSR count). The minimum Gasteiger partial charge on any atom is -0.495 e. The van der Waals surface area contributed by atoms with Crippen LogP contribution in [0.15, 0.2) is 68.0 Å². The van der Waals surface area contributed by atoms with Crippen LogP contribution in [0, 0.1) is 0 Å². The van der Waals surface area contributed by atoms with Crippen LogP contribution >= 0.6 is 23.1 Å². The Kier molecular flexibility index (Phi) is 5.13. The number of aromatic nitrogens is 2. The van der Waals surface area contributed by atoms with Crippen LogP contribution in [0.1, 0.15) is 6.92 Å². The van der Waals surface area contributed by atoms with E-state index < -0.39 is 5.25 Å². The fraction of sp³-hybridized carbons (Fsp3) is 0.136. The van der Waals surface area contributed by atoms with Gasteiger partial charge in [-0.1, -0.05) is 36.0 Å². The molecule has 0 aliphatic heterocycles. The largest absolute Gasteiger partial charge is 0.495 e. The summed E-state index contributed by atoms with van der Waals surface area (Å²) < 4.78 is 17.1. The Balaban J connectivity index is 1.36. The number of nitrogens with zero attached hydrogens (tertiary/aromatic N) is 2. The molecule has 3 heterocycles. The average molecular weight is 452 g/mol. The Hall–Kier alpha value is -3.30. The van der Waals surface area contributed by atoms with E-state index in [0.29, 0.717) is 28.1 Å². The van der Waals surface area contributed by atoms with Gasteiger partial charge in [0.05, 0.1) is 22.9 Å². The van der Waals surface area contributed by atoms with Gasteiger partial charge in [0.1, 0.15) is 16.9 Å². The van der Waals surface area contributed by atoms with E-state index in [-0.39, 0.29) is 5.91 Å². The second kappa shape index (κ2) is 8.09. The first-order chi connectivity index (χ1) is 15.1. The smallest absolute Gasteiger partial charge is 0.277 e. The van der Waals surface area contributed by atoms with Crippen LogP contribution in [0.2, 0.25) is 0 Å². The van der Waals surface area contributed by atoms with E-state index in [2.05, 4.69) is 15.5 Å². The van der Waals surface area contributed by atoms with Gasteiger partial charge in [0.25, 0.3) is 11.1 Å². The van der Waals surface area contributed by atoms with Crippen LogP contribution in [0.25, 0.3) is 32.7 Å². The maximum atomic E-state index is 12.8. The van der Waals surface area contributed by atoms with Crippen molar-refractivity contribution in [2.45, 2.75) is 17.4 Å². The van der Waals surface area contributed by atoms with E-state index in [0.717, 1.165) is 21.2 Å². The Morgan fingerprint density at radius 2 is 1.97 bits per heavy atom. The molecule has 0 saturated carbocycles. The number of para-hydroxylation sites is 1. The lowest BCUT2D eigenvalue weighted by molar-refractivity contribution is -0.115. The molecule has 156 valence electrons. The fourth-order valence-electron chi connectivity index (χ4n) is 3.21. The van der Waals surface area contributed by atoms with Gasteiger partial charge in [-0.2, -0.15) is 0 Å². The maximum absolute atomic E-state index is 12.8. The molecule has 1 N–H and O–H groups in total. The molecule has 0 saturated heterocycles. The monoisotopic (exact) mass is 451 g/mol. The first-order valence-corrected chi connectivity index (χ1v) is 11.2. The Morgan fingerprint density at radius 3 is 2.77 bits per heavy atom. The highest BCUT2D eigenvalue weighted by atomic mass is 32.2. The molecule has 0 bridgehead atoms. The molecule has 1 atom stereocenters. The van der Waals surface area contributed by atoms with Crippen LogP contribution in [0.3, 0.4) is 0 Å². The highest BCUT2D eigenvalue weighted by Gasteiger charge is 2.21. The SMILES string of the molecule is COc1cc2c(cc1NC(=O)[C@@H](C)Sc1nnc(-c3cccs3)o1)oc1ccccc12. The number of furan rings is 1. The van der Waals surface area contributed by atoms with Gasteiger partial charge in [0.2, 0.25) is 5.91 Å². The van der Waals surface area contributed by atoms with Gasteiger partial charge in [-0.25, -0.2) is 0 Å². The number of carbonyl (C=O) groups is 1. The lowest BCUT2D eigenvalue weighted by atomic mass is 10.1. The number of nitrogens with one attached hydrogen (secondary N) is 1. The van der Waals surface area contributed by atoms with Gasteiger partial charge in [-0.15, -0.1) is 21.5 Å². The first-order valence-electron chi connectivity index (χ1n) is 9.46. The van der Waals surface area contributed by atoms with Crippen LogP contribution in [0.5, 0.6) is 5.75 Å². The summed E-state index contributed by atoms with van der Waals surface area (Å²) in [5.41, 5.74) is 2.00. The fourth-order valence-corrected chi connectivity index (χ4v) is 4.54. The average Bonchev–Trinajstić information content (AvgIpc) is 3.52. The van der Waals surface area contributed by atoms with Gasteiger partial charge >= 0.3 is 0 Å². The van der Waals surface area contributed by atoms with Crippen molar-refractivity contribution < 1.29 is 18.4 Å². The van der Waals surface area contributed by atoms with E-state index in [4.69, 9.17) is 13.6 Å². The number of benzene rings is 2. The number of ether oxygens (including phenoxy) is 1. The summed E-state index contributed by atoms with van der Waals surface area (Å²) in [5.74, 6) is 0.791. The van der Waals surface area contributed by atoms with Crippen molar-refractivity contribution in [2.24, 2.45) is 0 Å². The van der Waals surface area contributed by atoms with E-state index in [1.54, 1.807) is 20.1 Å². The summed E-state index contributed by atoms with van der Waals surface area (Å²) in [7, 11) is 1.57. The van der Waals surface area contributed by atoms with Crippen molar-refractivity contribution in [1.82, 2.24) is 10.2 Å². The summed E-state index contributed by atoms with van der Waals surface area (Å²) in [5, 5.41) is 14.7. The van der Waals surface area contributed by atoms with Crippen molar-refractivity contribution >= 4 is 56.6 Å². The number of thiophene rings is 1. The third-order valence-electron chi connectivity index (χ3n) is 4.74. The molecule has 3 aromatic heterocycles. The van der Waals surface area contributed by atoms with Crippen molar-refractivity contribution in [1.29, 1.82) is 0 Å². The van der Waals surface area contributed by atoms with E-state index in [1.165, 1.54) is 23.1 Å². The summed E-state index contributed by atoms with van der Waals surface area (Å²) >= 11 is 2.71. The number of rotatable bonds is 6. The minimum absolute atomic E-state index is 0.213. The van der Waals surface area contributed by atoms with Crippen LogP contribution in [-0.2, 0) is 4.79 Å². The summed E-state index contributed by atoms with van der Waals surface area (Å²) in [6.45, 7) is 1.78. The molecule has 0 fully saturated rings. The molecule has 5 aromatic rings. The predicted octanol–water partition coefficient (Wildman–Crippen LogP) is 5.83. The molecule has 0 unspecified atom stereocenters. The molecule has 2 aromatic carbocycles. The third kappa shape index (κ3) is 3.77. The molecular formula is C22H17N3O4S2. The first kappa shape index (κ1) is 19.7. The molecule has 0 radical (unpaired) electrons. The van der Waals surface area contributed by atoms with Crippen molar-refractivity contribution in [3.8, 4) is 16.5 Å². The predicted molar refractivity (Wildman–Crippen MR) is 122 cm³/mol. The topological polar surface area (TPSA) is 90.4 Å². The Bertz CT molecular complexity index is 1370. The summed E-state index contributed by atoms with van der Waals surface area (Å²) in [6.07, 6.45) is 0. The second-order valence-corrected chi connectivity index (χ2v) is 8.99.